The summed E-state index contributed by atoms with van der Waals surface area (Å²) < 4.78 is 65.1. The molecule has 6 aliphatic carbocycles. The average Bonchev–Trinajstić information content (AvgIpc) is 3.65. The lowest BCUT2D eigenvalue weighted by Gasteiger charge is -2.28. The van der Waals surface area contributed by atoms with Gasteiger partial charge in [0.15, 0.2) is 0 Å². The lowest BCUT2D eigenvalue weighted by Crippen LogP contribution is -2.31. The van der Waals surface area contributed by atoms with Crippen molar-refractivity contribution in [1.82, 2.24) is 0 Å². The number of hydrogen-bond donors (Lipinski definition) is 0. The van der Waals surface area contributed by atoms with Crippen molar-refractivity contribution in [3.63, 3.8) is 0 Å². The topological polar surface area (TPSA) is 86.7 Å². The number of rotatable bonds is 6. The summed E-state index contributed by atoms with van der Waals surface area (Å²) in [5, 5.41) is 0. The molecule has 0 aliphatic heterocycles. The van der Waals surface area contributed by atoms with Gasteiger partial charge in [0.1, 0.15) is 0 Å². The molecule has 6 aliphatic rings. The zero-order valence-electron chi connectivity index (χ0n) is 21.4. The molecular formula is C30H32O6S2. The maximum Gasteiger partial charge on any atom is 0.297 e. The summed E-state index contributed by atoms with van der Waals surface area (Å²) in [7, 11) is -7.71. The van der Waals surface area contributed by atoms with Gasteiger partial charge in [0.25, 0.3) is 20.2 Å². The molecule has 0 spiro atoms. The molecule has 0 saturated heterocycles. The van der Waals surface area contributed by atoms with Gasteiger partial charge < -0.3 is 0 Å². The molecule has 2 aromatic rings. The van der Waals surface area contributed by atoms with Gasteiger partial charge in [0.2, 0.25) is 0 Å². The molecule has 0 heterocycles. The molecule has 0 bridgehead atoms. The van der Waals surface area contributed by atoms with Gasteiger partial charge in [-0.15, -0.1) is 0 Å². The fraction of sp³-hybridized carbons (Fsp3) is 0.533. The second-order valence-corrected chi connectivity index (χ2v) is 15.8. The lowest BCUT2D eigenvalue weighted by molar-refractivity contribution is 0.108. The molecule has 0 amide bonds. The Balaban J connectivity index is 1.09. The van der Waals surface area contributed by atoms with E-state index in [9.17, 15) is 16.8 Å². The molecule has 8 rings (SSSR count). The number of benzene rings is 2. The summed E-state index contributed by atoms with van der Waals surface area (Å²) in [6.45, 7) is 3.87. The van der Waals surface area contributed by atoms with E-state index < -0.39 is 20.2 Å². The van der Waals surface area contributed by atoms with Gasteiger partial charge in [-0.2, -0.15) is 16.8 Å². The summed E-state index contributed by atoms with van der Waals surface area (Å²) in [6.07, 6.45) is 5.39. The summed E-state index contributed by atoms with van der Waals surface area (Å²) in [5.74, 6) is 3.68. The van der Waals surface area contributed by atoms with E-state index in [1.165, 1.54) is 0 Å². The highest BCUT2D eigenvalue weighted by Crippen LogP contribution is 2.79. The van der Waals surface area contributed by atoms with Crippen molar-refractivity contribution in [1.29, 1.82) is 0 Å². The fourth-order valence-electron chi connectivity index (χ4n) is 10.1. The normalized spacial score (nSPS) is 43.3. The Kier molecular flexibility index (Phi) is 4.90. The molecule has 200 valence electrons. The van der Waals surface area contributed by atoms with Crippen LogP contribution < -0.4 is 0 Å². The molecule has 6 nitrogen and oxygen atoms in total. The second-order valence-electron chi connectivity index (χ2n) is 12.6. The Labute approximate surface area is 224 Å². The zero-order valence-corrected chi connectivity index (χ0v) is 23.0. The van der Waals surface area contributed by atoms with Gasteiger partial charge in [0, 0.05) is 0 Å². The van der Waals surface area contributed by atoms with Crippen LogP contribution in [0.15, 0.2) is 70.5 Å². The summed E-state index contributed by atoms with van der Waals surface area (Å²) >= 11 is 0. The van der Waals surface area contributed by atoms with E-state index in [2.05, 4.69) is 12.2 Å². The van der Waals surface area contributed by atoms with E-state index >= 15 is 0 Å². The quantitative estimate of drug-likeness (QED) is 0.380. The molecular weight excluding hydrogens is 520 g/mol. The second kappa shape index (κ2) is 7.80. The van der Waals surface area contributed by atoms with E-state index in [4.69, 9.17) is 8.37 Å². The van der Waals surface area contributed by atoms with Crippen molar-refractivity contribution >= 4 is 20.2 Å². The van der Waals surface area contributed by atoms with Crippen molar-refractivity contribution < 1.29 is 25.2 Å². The summed E-state index contributed by atoms with van der Waals surface area (Å²) in [5.41, 5.74) is 2.01. The van der Waals surface area contributed by atoms with Crippen LogP contribution in [0, 0.1) is 73.0 Å². The van der Waals surface area contributed by atoms with Crippen LogP contribution in [0.1, 0.15) is 24.0 Å². The van der Waals surface area contributed by atoms with Crippen molar-refractivity contribution in [2.75, 3.05) is 0 Å². The molecule has 0 radical (unpaired) electrons. The largest absolute Gasteiger partial charge is 0.297 e. The first-order valence-corrected chi connectivity index (χ1v) is 16.6. The molecule has 5 fully saturated rings. The van der Waals surface area contributed by atoms with Crippen LogP contribution in [0.5, 0.6) is 0 Å². The number of hydrogen-bond acceptors (Lipinski definition) is 6. The minimum Gasteiger partial charge on any atom is -0.263 e. The van der Waals surface area contributed by atoms with E-state index in [0.717, 1.165) is 24.0 Å². The van der Waals surface area contributed by atoms with Gasteiger partial charge >= 0.3 is 0 Å². The van der Waals surface area contributed by atoms with E-state index in [0.29, 0.717) is 47.3 Å². The smallest absolute Gasteiger partial charge is 0.263 e. The fourth-order valence-corrected chi connectivity index (χ4v) is 12.3. The van der Waals surface area contributed by atoms with Gasteiger partial charge in [-0.3, -0.25) is 8.37 Å². The first-order valence-electron chi connectivity index (χ1n) is 13.8. The van der Waals surface area contributed by atoms with Gasteiger partial charge in [-0.05, 0) is 110 Å². The van der Waals surface area contributed by atoms with Gasteiger partial charge in [-0.25, -0.2) is 0 Å². The van der Waals surface area contributed by atoms with Crippen molar-refractivity contribution in [3.8, 4) is 0 Å². The zero-order chi connectivity index (χ0) is 26.1. The first kappa shape index (κ1) is 23.9. The Morgan fingerprint density at radius 3 is 1.34 bits per heavy atom. The van der Waals surface area contributed by atoms with Crippen LogP contribution in [0.2, 0.25) is 0 Å². The molecule has 2 unspecified atom stereocenters. The van der Waals surface area contributed by atoms with Crippen LogP contribution in [0.25, 0.3) is 0 Å². The monoisotopic (exact) mass is 552 g/mol. The van der Waals surface area contributed by atoms with Gasteiger partial charge in [0.05, 0.1) is 22.0 Å². The van der Waals surface area contributed by atoms with Crippen molar-refractivity contribution in [3.05, 3.63) is 71.8 Å². The predicted octanol–water partition coefficient (Wildman–Crippen LogP) is 4.73. The Morgan fingerprint density at radius 1 is 0.553 bits per heavy atom. The number of fused-ring (bicyclic) bond motifs is 3. The molecule has 12 atom stereocenters. The SMILES string of the molecule is Cc1ccc(S(=O)(=O)O[C@H]2C[C@H]3[C@H]4C[C@@H](OS(=O)(=O)c5ccc(C)cc5)[C@@H]5[C@H]4C4C6[C@H](C=C[C@@H]65)[C@H]2[C@H]43)cc1. The maximum atomic E-state index is 13.3. The van der Waals surface area contributed by atoms with Gasteiger partial charge in [-0.1, -0.05) is 47.5 Å². The molecule has 5 saturated carbocycles. The lowest BCUT2D eigenvalue weighted by atomic mass is 9.83. The first-order chi connectivity index (χ1) is 18.1. The third kappa shape index (κ3) is 3.12. The highest BCUT2D eigenvalue weighted by molar-refractivity contribution is 7.87. The highest BCUT2D eigenvalue weighted by Gasteiger charge is 2.77. The van der Waals surface area contributed by atoms with Crippen LogP contribution in [0.4, 0.5) is 0 Å². The van der Waals surface area contributed by atoms with Crippen LogP contribution >= 0.6 is 0 Å². The predicted molar refractivity (Wildman–Crippen MR) is 140 cm³/mol. The molecule has 0 N–H and O–H groups in total. The maximum absolute atomic E-state index is 13.3. The Morgan fingerprint density at radius 2 is 0.947 bits per heavy atom. The van der Waals surface area contributed by atoms with Crippen LogP contribution in [-0.2, 0) is 28.6 Å². The van der Waals surface area contributed by atoms with Crippen LogP contribution in [0.3, 0.4) is 0 Å². The summed E-state index contributed by atoms with van der Waals surface area (Å²) in [6, 6.07) is 13.7. The van der Waals surface area contributed by atoms with Crippen molar-refractivity contribution in [2.45, 2.75) is 48.7 Å². The molecule has 8 heteroatoms. The Bertz CT molecular complexity index is 1430. The molecule has 38 heavy (non-hydrogen) atoms. The minimum atomic E-state index is -3.86. The number of aryl methyl sites for hydroxylation is 2. The van der Waals surface area contributed by atoms with Crippen LogP contribution in [-0.4, -0.2) is 29.0 Å². The minimum absolute atomic E-state index is 0.215. The summed E-state index contributed by atoms with van der Waals surface area (Å²) in [4.78, 5) is 0.429. The third-order valence-electron chi connectivity index (χ3n) is 11.1. The molecule has 2 aromatic carbocycles. The number of allylic oxidation sites excluding steroid dienone is 2. The van der Waals surface area contributed by atoms with E-state index in [-0.39, 0.29) is 33.8 Å². The average molecular weight is 553 g/mol. The highest BCUT2D eigenvalue weighted by atomic mass is 32.2. The van der Waals surface area contributed by atoms with E-state index in [1.54, 1.807) is 48.5 Å². The Hall–Kier alpha value is -2.00. The van der Waals surface area contributed by atoms with Crippen molar-refractivity contribution in [2.24, 2.45) is 59.2 Å². The van der Waals surface area contributed by atoms with E-state index in [1.807, 2.05) is 13.8 Å². The standard InChI is InChI=1S/C30H32O6S2/c1-15-3-7-17(8-4-15)37(31,32)35-23-13-21-22-14-24(36-38(33,34)18-9-5-16(2)6-10-18)27-20-12-11-19-25(20)30(29(22)27)28(21)26(19)23/h3-12,19-30H,13-14H2,1-2H3/t19-,20-,21-,22+,23-,24+,25?,26+,27+,28+,29-,30?/m0/s1. The molecule has 0 aromatic heterocycles. The third-order valence-corrected chi connectivity index (χ3v) is 13.8.